The first-order valence-corrected chi connectivity index (χ1v) is 11.5. The third-order valence-electron chi connectivity index (χ3n) is 5.75. The van der Waals surface area contributed by atoms with E-state index in [0.29, 0.717) is 5.56 Å². The topological polar surface area (TPSA) is 35.6 Å². The summed E-state index contributed by atoms with van der Waals surface area (Å²) in [6.45, 7) is 7.20. The highest BCUT2D eigenvalue weighted by Gasteiger charge is 2.31. The molecule has 1 aromatic heterocycles. The Hall–Kier alpha value is -2.47. The first kappa shape index (κ1) is 20.8. The smallest absolute Gasteiger partial charge is 0.251 e. The zero-order chi connectivity index (χ0) is 20.8. The zero-order valence-electron chi connectivity index (χ0n) is 17.4. The van der Waals surface area contributed by atoms with Gasteiger partial charge in [-0.1, -0.05) is 54.6 Å². The molecule has 2 atom stereocenters. The number of amides is 1. The number of rotatable bonds is 7. The maximum atomic E-state index is 12.7. The summed E-state index contributed by atoms with van der Waals surface area (Å²) in [5.41, 5.74) is 2.08. The predicted molar refractivity (Wildman–Crippen MR) is 124 cm³/mol. The third kappa shape index (κ3) is 5.17. The lowest BCUT2D eigenvalue weighted by Gasteiger charge is -2.41. The van der Waals surface area contributed by atoms with Crippen molar-refractivity contribution in [3.05, 3.63) is 94.2 Å². The van der Waals surface area contributed by atoms with Crippen LogP contribution in [0.2, 0.25) is 0 Å². The molecule has 0 spiro atoms. The van der Waals surface area contributed by atoms with Gasteiger partial charge < -0.3 is 5.32 Å². The van der Waals surface area contributed by atoms with Gasteiger partial charge in [-0.25, -0.2) is 0 Å². The van der Waals surface area contributed by atoms with Crippen LogP contribution < -0.4 is 5.32 Å². The molecule has 0 bridgehead atoms. The van der Waals surface area contributed by atoms with Gasteiger partial charge in [-0.15, -0.1) is 11.3 Å². The van der Waals surface area contributed by atoms with Crippen LogP contribution in [0.1, 0.15) is 33.8 Å². The lowest BCUT2D eigenvalue weighted by Crippen LogP contribution is -2.52. The van der Waals surface area contributed by atoms with Crippen molar-refractivity contribution in [2.75, 3.05) is 26.2 Å². The van der Waals surface area contributed by atoms with Gasteiger partial charge in [0.2, 0.25) is 0 Å². The number of nitrogens with zero attached hydrogens (tertiary/aromatic N) is 2. The lowest BCUT2D eigenvalue weighted by molar-refractivity contribution is 0.0714. The van der Waals surface area contributed by atoms with Gasteiger partial charge in [-0.05, 0) is 36.1 Å². The van der Waals surface area contributed by atoms with E-state index in [-0.39, 0.29) is 18.0 Å². The number of hydrogen-bond donors (Lipinski definition) is 1. The number of nitrogens with one attached hydrogen (secondary N) is 1. The summed E-state index contributed by atoms with van der Waals surface area (Å²) < 4.78 is 0. The minimum Gasteiger partial charge on any atom is -0.348 e. The van der Waals surface area contributed by atoms with Gasteiger partial charge in [0.05, 0.1) is 6.04 Å². The van der Waals surface area contributed by atoms with Crippen LogP contribution >= 0.6 is 11.3 Å². The second-order valence-electron chi connectivity index (χ2n) is 7.89. The van der Waals surface area contributed by atoms with Crippen molar-refractivity contribution < 1.29 is 4.79 Å². The summed E-state index contributed by atoms with van der Waals surface area (Å²) in [6, 6.07) is 24.7. The van der Waals surface area contributed by atoms with Crippen molar-refractivity contribution in [1.29, 1.82) is 0 Å². The van der Waals surface area contributed by atoms with Crippen LogP contribution in [0.4, 0.5) is 0 Å². The van der Waals surface area contributed by atoms with Crippen LogP contribution in [0.5, 0.6) is 0 Å². The van der Waals surface area contributed by atoms with Crippen LogP contribution in [0.25, 0.3) is 0 Å². The van der Waals surface area contributed by atoms with Gasteiger partial charge in [0.25, 0.3) is 5.91 Å². The van der Waals surface area contributed by atoms with E-state index in [2.05, 4.69) is 69.9 Å². The van der Waals surface area contributed by atoms with Crippen molar-refractivity contribution in [2.45, 2.75) is 25.6 Å². The van der Waals surface area contributed by atoms with Crippen molar-refractivity contribution in [3.8, 4) is 0 Å². The second kappa shape index (κ2) is 10.0. The number of hydrogen-bond acceptors (Lipinski definition) is 4. The SMILES string of the molecule is CC(NC(=O)c1ccccc1)C(c1cccs1)N1CCN(Cc2ccccc2)CC1. The Balaban J connectivity index is 1.41. The van der Waals surface area contributed by atoms with E-state index < -0.39 is 0 Å². The summed E-state index contributed by atoms with van der Waals surface area (Å²) in [5.74, 6) is -0.00707. The quantitative estimate of drug-likeness (QED) is 0.616. The molecular formula is C25H29N3OS. The van der Waals surface area contributed by atoms with Crippen LogP contribution in [0, 0.1) is 0 Å². The fourth-order valence-corrected chi connectivity index (χ4v) is 5.17. The highest BCUT2D eigenvalue weighted by atomic mass is 32.1. The average molecular weight is 420 g/mol. The lowest BCUT2D eigenvalue weighted by atomic mass is 10.0. The second-order valence-corrected chi connectivity index (χ2v) is 8.87. The monoisotopic (exact) mass is 419 g/mol. The summed E-state index contributed by atoms with van der Waals surface area (Å²) in [4.78, 5) is 19.1. The Morgan fingerprint density at radius 3 is 2.23 bits per heavy atom. The number of piperazine rings is 1. The van der Waals surface area contributed by atoms with E-state index in [1.165, 1.54) is 10.4 Å². The number of carbonyl (C=O) groups excluding carboxylic acids is 1. The average Bonchev–Trinajstić information content (AvgIpc) is 3.31. The number of benzene rings is 2. The first-order chi connectivity index (χ1) is 14.7. The summed E-state index contributed by atoms with van der Waals surface area (Å²) in [7, 11) is 0. The fourth-order valence-electron chi connectivity index (χ4n) is 4.20. The molecule has 4 nitrogen and oxygen atoms in total. The van der Waals surface area contributed by atoms with E-state index in [1.807, 2.05) is 30.3 Å². The Morgan fingerprint density at radius 2 is 1.60 bits per heavy atom. The molecular weight excluding hydrogens is 390 g/mol. The number of thiophene rings is 1. The minimum atomic E-state index is -0.00707. The largest absolute Gasteiger partial charge is 0.348 e. The first-order valence-electron chi connectivity index (χ1n) is 10.6. The molecule has 1 fully saturated rings. The molecule has 30 heavy (non-hydrogen) atoms. The van der Waals surface area contributed by atoms with Crippen molar-refractivity contribution in [3.63, 3.8) is 0 Å². The molecule has 2 unspecified atom stereocenters. The summed E-state index contributed by atoms with van der Waals surface area (Å²) in [5, 5.41) is 5.37. The Morgan fingerprint density at radius 1 is 0.933 bits per heavy atom. The fraction of sp³-hybridized carbons (Fsp3) is 0.320. The molecule has 2 aromatic carbocycles. The molecule has 4 rings (SSSR count). The summed E-state index contributed by atoms with van der Waals surface area (Å²) >= 11 is 1.77. The minimum absolute atomic E-state index is 0.00707. The van der Waals surface area contributed by atoms with Gasteiger partial charge >= 0.3 is 0 Å². The molecule has 1 saturated heterocycles. The van der Waals surface area contributed by atoms with E-state index >= 15 is 0 Å². The molecule has 1 aliphatic heterocycles. The van der Waals surface area contributed by atoms with E-state index in [1.54, 1.807) is 11.3 Å². The maximum absolute atomic E-state index is 12.7. The Labute approximate surface area is 183 Å². The molecule has 1 amide bonds. The van der Waals surface area contributed by atoms with Gasteiger partial charge in [-0.2, -0.15) is 0 Å². The molecule has 0 aliphatic carbocycles. The standard InChI is InChI=1S/C25H29N3OS/c1-20(26-25(29)22-11-6-3-7-12-22)24(23-13-8-18-30-23)28-16-14-27(15-17-28)19-21-9-4-2-5-10-21/h2-13,18,20,24H,14-17,19H2,1H3,(H,26,29). The van der Waals surface area contributed by atoms with Crippen LogP contribution in [-0.4, -0.2) is 47.9 Å². The molecule has 0 saturated carbocycles. The Bertz CT molecular complexity index is 906. The van der Waals surface area contributed by atoms with Gasteiger partial charge in [0, 0.05) is 49.2 Å². The van der Waals surface area contributed by atoms with Gasteiger partial charge in [0.15, 0.2) is 0 Å². The van der Waals surface area contributed by atoms with Crippen molar-refractivity contribution in [1.82, 2.24) is 15.1 Å². The molecule has 2 heterocycles. The normalized spacial score (nSPS) is 17.4. The van der Waals surface area contributed by atoms with E-state index in [4.69, 9.17) is 0 Å². The highest BCUT2D eigenvalue weighted by Crippen LogP contribution is 2.29. The maximum Gasteiger partial charge on any atom is 0.251 e. The van der Waals surface area contributed by atoms with Crippen LogP contribution in [-0.2, 0) is 6.54 Å². The van der Waals surface area contributed by atoms with Crippen LogP contribution in [0.15, 0.2) is 78.2 Å². The Kier molecular flexibility index (Phi) is 6.95. The van der Waals surface area contributed by atoms with Gasteiger partial charge in [-0.3, -0.25) is 14.6 Å². The molecule has 3 aromatic rings. The molecule has 0 radical (unpaired) electrons. The molecule has 156 valence electrons. The molecule has 5 heteroatoms. The molecule has 1 N–H and O–H groups in total. The van der Waals surface area contributed by atoms with Gasteiger partial charge in [0.1, 0.15) is 0 Å². The summed E-state index contributed by atoms with van der Waals surface area (Å²) in [6.07, 6.45) is 0. The molecule has 1 aliphatic rings. The van der Waals surface area contributed by atoms with Crippen LogP contribution in [0.3, 0.4) is 0 Å². The van der Waals surface area contributed by atoms with E-state index in [9.17, 15) is 4.79 Å². The third-order valence-corrected chi connectivity index (χ3v) is 6.70. The highest BCUT2D eigenvalue weighted by molar-refractivity contribution is 7.10. The zero-order valence-corrected chi connectivity index (χ0v) is 18.2. The van der Waals surface area contributed by atoms with Crippen molar-refractivity contribution >= 4 is 17.2 Å². The number of carbonyl (C=O) groups is 1. The predicted octanol–water partition coefficient (Wildman–Crippen LogP) is 4.43. The van der Waals surface area contributed by atoms with E-state index in [0.717, 1.165) is 32.7 Å². The van der Waals surface area contributed by atoms with Crippen molar-refractivity contribution in [2.24, 2.45) is 0 Å².